The summed E-state index contributed by atoms with van der Waals surface area (Å²) in [7, 11) is 0. The van der Waals surface area contributed by atoms with E-state index in [0.717, 1.165) is 18.4 Å². The molecule has 1 heteroatoms. The molecule has 1 rings (SSSR count). The molecule has 1 nitrogen and oxygen atoms in total. The van der Waals surface area contributed by atoms with Crippen LogP contribution in [0.3, 0.4) is 0 Å². The first kappa shape index (κ1) is 9.80. The molecular weight excluding hydrogens is 158 g/mol. The van der Waals surface area contributed by atoms with E-state index >= 15 is 0 Å². The Labute approximate surface area is 80.0 Å². The Morgan fingerprint density at radius 2 is 1.69 bits per heavy atom. The van der Waals surface area contributed by atoms with Crippen molar-refractivity contribution in [1.29, 1.82) is 5.26 Å². The molecule has 0 aromatic heterocycles. The lowest BCUT2D eigenvalue weighted by atomic mass is 9.77. The van der Waals surface area contributed by atoms with E-state index in [0.29, 0.717) is 0 Å². The van der Waals surface area contributed by atoms with Crippen molar-refractivity contribution in [3.05, 3.63) is 35.9 Å². The maximum Gasteiger partial charge on any atom is 0.0817 e. The fourth-order valence-electron chi connectivity index (χ4n) is 1.64. The highest BCUT2D eigenvalue weighted by atomic mass is 14.4. The third-order valence-corrected chi connectivity index (χ3v) is 2.75. The van der Waals surface area contributed by atoms with Crippen LogP contribution in [0.4, 0.5) is 0 Å². The maximum atomic E-state index is 9.18. The van der Waals surface area contributed by atoms with Crippen molar-refractivity contribution in [2.24, 2.45) is 0 Å². The van der Waals surface area contributed by atoms with Crippen molar-refractivity contribution in [3.8, 4) is 6.07 Å². The highest BCUT2D eigenvalue weighted by molar-refractivity contribution is 5.31. The molecule has 0 amide bonds. The first-order valence-electron chi connectivity index (χ1n) is 4.76. The molecule has 1 aromatic rings. The Morgan fingerprint density at radius 1 is 1.15 bits per heavy atom. The van der Waals surface area contributed by atoms with Gasteiger partial charge in [0.2, 0.25) is 0 Å². The largest absolute Gasteiger partial charge is 0.197 e. The summed E-state index contributed by atoms with van der Waals surface area (Å²) in [6.45, 7) is 4.14. The third-order valence-electron chi connectivity index (χ3n) is 2.75. The topological polar surface area (TPSA) is 23.8 Å². The van der Waals surface area contributed by atoms with Crippen LogP contribution in [0.15, 0.2) is 30.3 Å². The minimum Gasteiger partial charge on any atom is -0.197 e. The summed E-state index contributed by atoms with van der Waals surface area (Å²) in [6, 6.07) is 12.5. The molecule has 1 aromatic carbocycles. The van der Waals surface area contributed by atoms with Gasteiger partial charge in [-0.25, -0.2) is 0 Å². The summed E-state index contributed by atoms with van der Waals surface area (Å²) < 4.78 is 0. The van der Waals surface area contributed by atoms with Gasteiger partial charge in [-0.1, -0.05) is 44.2 Å². The van der Waals surface area contributed by atoms with Crippen LogP contribution in [0.25, 0.3) is 0 Å². The molecule has 13 heavy (non-hydrogen) atoms. The van der Waals surface area contributed by atoms with Gasteiger partial charge in [-0.2, -0.15) is 5.26 Å². The number of nitrogens with zero attached hydrogens (tertiary/aromatic N) is 1. The minimum atomic E-state index is -0.277. The van der Waals surface area contributed by atoms with Crippen LogP contribution >= 0.6 is 0 Å². The summed E-state index contributed by atoms with van der Waals surface area (Å²) in [4.78, 5) is 0. The van der Waals surface area contributed by atoms with Crippen molar-refractivity contribution in [3.63, 3.8) is 0 Å². The molecule has 0 saturated heterocycles. The first-order valence-corrected chi connectivity index (χ1v) is 4.76. The quantitative estimate of drug-likeness (QED) is 0.688. The van der Waals surface area contributed by atoms with Crippen molar-refractivity contribution < 1.29 is 0 Å². The molecule has 0 unspecified atom stereocenters. The molecule has 0 aliphatic carbocycles. The fraction of sp³-hybridized carbons (Fsp3) is 0.417. The van der Waals surface area contributed by atoms with Gasteiger partial charge in [-0.15, -0.1) is 0 Å². The average molecular weight is 173 g/mol. The summed E-state index contributed by atoms with van der Waals surface area (Å²) in [5.41, 5.74) is 0.865. The van der Waals surface area contributed by atoms with Crippen molar-refractivity contribution in [2.75, 3.05) is 0 Å². The second kappa shape index (κ2) is 4.09. The molecule has 0 radical (unpaired) electrons. The number of hydrogen-bond donors (Lipinski definition) is 0. The normalized spacial score (nSPS) is 10.8. The highest BCUT2D eigenvalue weighted by Gasteiger charge is 2.27. The van der Waals surface area contributed by atoms with Gasteiger partial charge in [0.05, 0.1) is 11.5 Å². The zero-order valence-electron chi connectivity index (χ0n) is 8.25. The standard InChI is InChI=1S/C12H15N/c1-3-12(4-2,10-13)11-8-6-5-7-9-11/h5-9H,3-4H2,1-2H3. The van der Waals surface area contributed by atoms with Gasteiger partial charge in [-0.3, -0.25) is 0 Å². The predicted molar refractivity (Wildman–Crippen MR) is 54.3 cm³/mol. The van der Waals surface area contributed by atoms with Crippen molar-refractivity contribution in [1.82, 2.24) is 0 Å². The second-order valence-electron chi connectivity index (χ2n) is 3.27. The minimum absolute atomic E-state index is 0.277. The number of hydrogen-bond acceptors (Lipinski definition) is 1. The number of rotatable bonds is 3. The molecule has 0 aliphatic rings. The summed E-state index contributed by atoms with van der Waals surface area (Å²) in [5, 5.41) is 9.18. The lowest BCUT2D eigenvalue weighted by molar-refractivity contribution is 0.511. The van der Waals surface area contributed by atoms with Crippen LogP contribution in [0.2, 0.25) is 0 Å². The number of nitriles is 1. The first-order chi connectivity index (χ1) is 6.29. The lowest BCUT2D eigenvalue weighted by Gasteiger charge is -2.23. The van der Waals surface area contributed by atoms with Crippen LogP contribution in [0.1, 0.15) is 32.3 Å². The van der Waals surface area contributed by atoms with E-state index < -0.39 is 0 Å². The monoisotopic (exact) mass is 173 g/mol. The molecule has 0 spiro atoms. The number of benzene rings is 1. The zero-order valence-corrected chi connectivity index (χ0v) is 8.25. The predicted octanol–water partition coefficient (Wildman–Crippen LogP) is 3.27. The zero-order chi connectivity index (χ0) is 9.73. The summed E-state index contributed by atoms with van der Waals surface area (Å²) >= 11 is 0. The van der Waals surface area contributed by atoms with Gasteiger partial charge in [0.15, 0.2) is 0 Å². The highest BCUT2D eigenvalue weighted by Crippen LogP contribution is 2.30. The third kappa shape index (κ3) is 1.72. The van der Waals surface area contributed by atoms with Crippen LogP contribution in [-0.2, 0) is 5.41 Å². The van der Waals surface area contributed by atoms with Crippen molar-refractivity contribution >= 4 is 0 Å². The SMILES string of the molecule is CCC(C#N)(CC)c1ccccc1. The van der Waals surface area contributed by atoms with Gasteiger partial charge in [-0.05, 0) is 18.4 Å². The van der Waals surface area contributed by atoms with E-state index in [4.69, 9.17) is 0 Å². The van der Waals surface area contributed by atoms with Crippen LogP contribution < -0.4 is 0 Å². The van der Waals surface area contributed by atoms with E-state index in [9.17, 15) is 5.26 Å². The second-order valence-corrected chi connectivity index (χ2v) is 3.27. The average Bonchev–Trinajstić information content (AvgIpc) is 2.23. The van der Waals surface area contributed by atoms with Crippen LogP contribution in [0, 0.1) is 11.3 Å². The van der Waals surface area contributed by atoms with Gasteiger partial charge in [0.25, 0.3) is 0 Å². The van der Waals surface area contributed by atoms with E-state index in [2.05, 4.69) is 19.9 Å². The van der Waals surface area contributed by atoms with Gasteiger partial charge in [0, 0.05) is 0 Å². The Hall–Kier alpha value is -1.29. The van der Waals surface area contributed by atoms with Gasteiger partial charge >= 0.3 is 0 Å². The molecule has 68 valence electrons. The molecule has 0 bridgehead atoms. The summed E-state index contributed by atoms with van der Waals surface area (Å²) in [5.74, 6) is 0. The molecule has 0 saturated carbocycles. The van der Waals surface area contributed by atoms with E-state index in [1.807, 2.05) is 30.3 Å². The van der Waals surface area contributed by atoms with Gasteiger partial charge < -0.3 is 0 Å². The maximum absolute atomic E-state index is 9.18. The molecule has 0 N–H and O–H groups in total. The van der Waals surface area contributed by atoms with E-state index in [1.165, 1.54) is 0 Å². The van der Waals surface area contributed by atoms with E-state index in [-0.39, 0.29) is 5.41 Å². The Bertz CT molecular complexity index is 291. The van der Waals surface area contributed by atoms with Crippen LogP contribution in [-0.4, -0.2) is 0 Å². The fourth-order valence-corrected chi connectivity index (χ4v) is 1.64. The molecule has 0 heterocycles. The lowest BCUT2D eigenvalue weighted by Crippen LogP contribution is -2.21. The Morgan fingerprint density at radius 3 is 2.08 bits per heavy atom. The van der Waals surface area contributed by atoms with Crippen LogP contribution in [0.5, 0.6) is 0 Å². The molecule has 0 fully saturated rings. The van der Waals surface area contributed by atoms with E-state index in [1.54, 1.807) is 0 Å². The Kier molecular flexibility index (Phi) is 3.08. The smallest absolute Gasteiger partial charge is 0.0817 e. The Balaban J connectivity index is 3.10. The molecule has 0 aliphatic heterocycles. The van der Waals surface area contributed by atoms with Gasteiger partial charge in [0.1, 0.15) is 0 Å². The van der Waals surface area contributed by atoms with Crippen molar-refractivity contribution in [2.45, 2.75) is 32.1 Å². The molecular formula is C12H15N. The molecule has 0 atom stereocenters. The summed E-state index contributed by atoms with van der Waals surface area (Å²) in [6.07, 6.45) is 1.76.